The molecule has 0 heterocycles. The van der Waals surface area contributed by atoms with Crippen molar-refractivity contribution >= 4 is 17.6 Å². The van der Waals surface area contributed by atoms with Gasteiger partial charge in [-0.1, -0.05) is 23.7 Å². The average Bonchev–Trinajstić information content (AvgIpc) is 2.27. The van der Waals surface area contributed by atoms with Crippen LogP contribution in [0.4, 0.5) is 0 Å². The molecule has 0 atom stereocenters. The molecule has 1 aliphatic carbocycles. The SMILES string of the molecule is COC(=O)C1CC(N)(c2cccc(Cl)c2C)C1. The number of hydrogen-bond acceptors (Lipinski definition) is 3. The first-order valence-corrected chi connectivity index (χ1v) is 5.98. The zero-order valence-corrected chi connectivity index (χ0v) is 10.8. The molecule has 1 saturated carbocycles. The number of nitrogens with two attached hydrogens (primary N) is 1. The Balaban J connectivity index is 2.20. The standard InChI is InChI=1S/C13H16ClNO2/c1-8-10(4-3-5-11(8)14)13(15)6-9(7-13)12(16)17-2/h3-5,9H,6-7,15H2,1-2H3. The van der Waals surface area contributed by atoms with Gasteiger partial charge in [0.2, 0.25) is 0 Å². The highest BCUT2D eigenvalue weighted by Crippen LogP contribution is 2.45. The molecule has 0 aliphatic heterocycles. The minimum absolute atomic E-state index is 0.0802. The van der Waals surface area contributed by atoms with Gasteiger partial charge >= 0.3 is 5.97 Å². The third-order valence-corrected chi connectivity index (χ3v) is 3.97. The van der Waals surface area contributed by atoms with Crippen molar-refractivity contribution < 1.29 is 9.53 Å². The van der Waals surface area contributed by atoms with Gasteiger partial charge in [0, 0.05) is 10.6 Å². The molecule has 1 fully saturated rings. The van der Waals surface area contributed by atoms with Gasteiger partial charge in [-0.2, -0.15) is 0 Å². The molecule has 0 saturated heterocycles. The molecule has 1 aromatic rings. The number of benzene rings is 1. The number of halogens is 1. The summed E-state index contributed by atoms with van der Waals surface area (Å²) in [6, 6.07) is 5.72. The van der Waals surface area contributed by atoms with E-state index in [0.29, 0.717) is 17.9 Å². The number of rotatable bonds is 2. The Labute approximate surface area is 106 Å². The summed E-state index contributed by atoms with van der Waals surface area (Å²) in [5, 5.41) is 0.717. The highest BCUT2D eigenvalue weighted by molar-refractivity contribution is 6.31. The molecule has 0 radical (unpaired) electrons. The van der Waals surface area contributed by atoms with Gasteiger partial charge in [0.05, 0.1) is 13.0 Å². The van der Waals surface area contributed by atoms with Gasteiger partial charge in [0.25, 0.3) is 0 Å². The highest BCUT2D eigenvalue weighted by atomic mass is 35.5. The van der Waals surface area contributed by atoms with E-state index < -0.39 is 5.54 Å². The monoisotopic (exact) mass is 253 g/mol. The van der Waals surface area contributed by atoms with E-state index in [2.05, 4.69) is 0 Å². The van der Waals surface area contributed by atoms with Gasteiger partial charge in [-0.05, 0) is 37.0 Å². The predicted octanol–water partition coefficient (Wildman–Crippen LogP) is 2.39. The smallest absolute Gasteiger partial charge is 0.308 e. The molecule has 2 N–H and O–H groups in total. The van der Waals surface area contributed by atoms with Crippen LogP contribution < -0.4 is 5.73 Å². The second kappa shape index (κ2) is 4.31. The topological polar surface area (TPSA) is 52.3 Å². The van der Waals surface area contributed by atoms with Crippen molar-refractivity contribution in [3.8, 4) is 0 Å². The van der Waals surface area contributed by atoms with E-state index in [1.807, 2.05) is 25.1 Å². The summed E-state index contributed by atoms with van der Waals surface area (Å²) < 4.78 is 4.72. The maximum Gasteiger partial charge on any atom is 0.308 e. The largest absolute Gasteiger partial charge is 0.469 e. The van der Waals surface area contributed by atoms with Gasteiger partial charge < -0.3 is 10.5 Å². The van der Waals surface area contributed by atoms with Gasteiger partial charge in [-0.15, -0.1) is 0 Å². The number of methoxy groups -OCH3 is 1. The minimum Gasteiger partial charge on any atom is -0.469 e. The molecule has 4 heteroatoms. The summed E-state index contributed by atoms with van der Waals surface area (Å²) >= 11 is 6.08. The second-order valence-corrected chi connectivity index (χ2v) is 5.10. The molecule has 0 spiro atoms. The first-order chi connectivity index (χ1) is 7.98. The maximum absolute atomic E-state index is 11.4. The van der Waals surface area contributed by atoms with E-state index >= 15 is 0 Å². The summed E-state index contributed by atoms with van der Waals surface area (Å²) in [5.41, 5.74) is 7.91. The first-order valence-electron chi connectivity index (χ1n) is 5.60. The third kappa shape index (κ3) is 2.05. The van der Waals surface area contributed by atoms with Gasteiger partial charge in [0.1, 0.15) is 0 Å². The first kappa shape index (κ1) is 12.4. The van der Waals surface area contributed by atoms with E-state index in [4.69, 9.17) is 22.1 Å². The van der Waals surface area contributed by atoms with Crippen molar-refractivity contribution in [2.45, 2.75) is 25.3 Å². The number of carbonyl (C=O) groups excluding carboxylic acids is 1. The van der Waals surface area contributed by atoms with Crippen LogP contribution in [0.15, 0.2) is 18.2 Å². The van der Waals surface area contributed by atoms with E-state index in [-0.39, 0.29) is 11.9 Å². The van der Waals surface area contributed by atoms with Crippen LogP contribution in [0.5, 0.6) is 0 Å². The zero-order chi connectivity index (χ0) is 12.6. The molecule has 0 aromatic heterocycles. The molecule has 2 rings (SSSR count). The Bertz CT molecular complexity index is 453. The van der Waals surface area contributed by atoms with E-state index in [1.165, 1.54) is 7.11 Å². The molecular formula is C13H16ClNO2. The van der Waals surface area contributed by atoms with Gasteiger partial charge in [0.15, 0.2) is 0 Å². The molecule has 0 amide bonds. The molecule has 0 bridgehead atoms. The van der Waals surface area contributed by atoms with Crippen molar-refractivity contribution in [2.75, 3.05) is 7.11 Å². The van der Waals surface area contributed by atoms with E-state index in [0.717, 1.165) is 11.1 Å². The van der Waals surface area contributed by atoms with E-state index in [1.54, 1.807) is 0 Å². The average molecular weight is 254 g/mol. The van der Waals surface area contributed by atoms with Crippen LogP contribution >= 0.6 is 11.6 Å². The lowest BCUT2D eigenvalue weighted by molar-refractivity contribution is -0.151. The Morgan fingerprint density at radius 3 is 2.76 bits per heavy atom. The number of esters is 1. The summed E-state index contributed by atoms with van der Waals surface area (Å²) in [6.07, 6.45) is 1.25. The molecule has 1 aliphatic rings. The van der Waals surface area contributed by atoms with Crippen molar-refractivity contribution in [1.82, 2.24) is 0 Å². The molecule has 92 valence electrons. The molecular weight excluding hydrogens is 238 g/mol. The van der Waals surface area contributed by atoms with Gasteiger partial charge in [-0.3, -0.25) is 4.79 Å². The lowest BCUT2D eigenvalue weighted by atomic mass is 9.64. The summed E-state index contributed by atoms with van der Waals surface area (Å²) in [7, 11) is 1.41. The predicted molar refractivity (Wildman–Crippen MR) is 66.8 cm³/mol. The quantitative estimate of drug-likeness (QED) is 0.824. The molecule has 0 unspecified atom stereocenters. The van der Waals surface area contributed by atoms with Crippen molar-refractivity contribution in [3.05, 3.63) is 34.3 Å². The summed E-state index contributed by atoms with van der Waals surface area (Å²) in [4.78, 5) is 11.4. The lowest BCUT2D eigenvalue weighted by Gasteiger charge is -2.44. The van der Waals surface area contributed by atoms with Gasteiger partial charge in [-0.25, -0.2) is 0 Å². The van der Waals surface area contributed by atoms with E-state index in [9.17, 15) is 4.79 Å². The Morgan fingerprint density at radius 2 is 2.18 bits per heavy atom. The maximum atomic E-state index is 11.4. The van der Waals surface area contributed by atoms with Crippen molar-refractivity contribution in [1.29, 1.82) is 0 Å². The number of ether oxygens (including phenoxy) is 1. The lowest BCUT2D eigenvalue weighted by Crippen LogP contribution is -2.52. The summed E-state index contributed by atoms with van der Waals surface area (Å²) in [5.74, 6) is -0.255. The van der Waals surface area contributed by atoms with Crippen LogP contribution in [0.2, 0.25) is 5.02 Å². The molecule has 17 heavy (non-hydrogen) atoms. The van der Waals surface area contributed by atoms with Crippen LogP contribution in [-0.4, -0.2) is 13.1 Å². The molecule has 1 aromatic carbocycles. The fraction of sp³-hybridized carbons (Fsp3) is 0.462. The fourth-order valence-corrected chi connectivity index (χ4v) is 2.69. The van der Waals surface area contributed by atoms with Crippen LogP contribution in [0, 0.1) is 12.8 Å². The minimum atomic E-state index is -0.437. The Morgan fingerprint density at radius 1 is 1.53 bits per heavy atom. The zero-order valence-electron chi connectivity index (χ0n) is 10.00. The van der Waals surface area contributed by atoms with Crippen LogP contribution in [0.25, 0.3) is 0 Å². The molecule has 3 nitrogen and oxygen atoms in total. The van der Waals surface area contributed by atoms with Crippen LogP contribution in [0.3, 0.4) is 0 Å². The number of hydrogen-bond donors (Lipinski definition) is 1. The van der Waals surface area contributed by atoms with Crippen LogP contribution in [0.1, 0.15) is 24.0 Å². The summed E-state index contributed by atoms with van der Waals surface area (Å²) in [6.45, 7) is 1.96. The Hall–Kier alpha value is -1.06. The Kier molecular flexibility index (Phi) is 3.15. The number of carbonyl (C=O) groups is 1. The van der Waals surface area contributed by atoms with Crippen molar-refractivity contribution in [3.63, 3.8) is 0 Å². The highest BCUT2D eigenvalue weighted by Gasteiger charge is 2.47. The van der Waals surface area contributed by atoms with Crippen LogP contribution in [-0.2, 0) is 15.1 Å². The van der Waals surface area contributed by atoms with Crippen molar-refractivity contribution in [2.24, 2.45) is 11.7 Å². The third-order valence-electron chi connectivity index (χ3n) is 3.56. The second-order valence-electron chi connectivity index (χ2n) is 4.70. The normalized spacial score (nSPS) is 27.4. The fourth-order valence-electron chi connectivity index (χ4n) is 2.52.